The van der Waals surface area contributed by atoms with Gasteiger partial charge in [0.1, 0.15) is 5.60 Å². The number of carbonyl (C=O) groups excluding carboxylic acids is 1. The normalized spacial score (nSPS) is 11.3. The van der Waals surface area contributed by atoms with Crippen molar-refractivity contribution in [2.24, 2.45) is 0 Å². The first-order valence-electron chi connectivity index (χ1n) is 11.2. The minimum absolute atomic E-state index is 0.100. The number of ether oxygens (including phenoxy) is 2. The van der Waals surface area contributed by atoms with E-state index in [-0.39, 0.29) is 11.6 Å². The van der Waals surface area contributed by atoms with Crippen LogP contribution in [-0.4, -0.2) is 48.8 Å². The lowest BCUT2D eigenvalue weighted by atomic mass is 10.0. The van der Waals surface area contributed by atoms with Crippen LogP contribution in [0.15, 0.2) is 0 Å². The molecule has 0 unspecified atom stereocenters. The average Bonchev–Trinajstić information content (AvgIpc) is 2.60. The molecule has 166 valence electrons. The standard InChI is InChI=1S/C19H39NO3.2C2H6/c1-8-10-14-20(7)15-11-17(21)23-19(5,6)13-16-22-18(3,4)12-9-2;2*1-2/h8-16H2,1-7H3;2*1-2H3. The van der Waals surface area contributed by atoms with E-state index in [4.69, 9.17) is 9.47 Å². The van der Waals surface area contributed by atoms with Crippen LogP contribution >= 0.6 is 0 Å². The van der Waals surface area contributed by atoms with Gasteiger partial charge in [0.05, 0.1) is 18.6 Å². The zero-order valence-electron chi connectivity index (χ0n) is 20.5. The van der Waals surface area contributed by atoms with Crippen molar-refractivity contribution in [1.82, 2.24) is 4.90 Å². The fraction of sp³-hybridized carbons (Fsp3) is 0.957. The fourth-order valence-electron chi connectivity index (χ4n) is 2.48. The Bertz CT molecular complexity index is 328. The lowest BCUT2D eigenvalue weighted by Crippen LogP contribution is -2.33. The molecule has 0 aromatic heterocycles. The van der Waals surface area contributed by atoms with Crippen LogP contribution in [0.3, 0.4) is 0 Å². The number of esters is 1. The first-order chi connectivity index (χ1) is 12.6. The van der Waals surface area contributed by atoms with E-state index >= 15 is 0 Å². The highest BCUT2D eigenvalue weighted by molar-refractivity contribution is 5.70. The summed E-state index contributed by atoms with van der Waals surface area (Å²) in [5.74, 6) is -0.119. The molecule has 0 atom stereocenters. The molecule has 4 heteroatoms. The largest absolute Gasteiger partial charge is 0.460 e. The monoisotopic (exact) mass is 389 g/mol. The van der Waals surface area contributed by atoms with Gasteiger partial charge < -0.3 is 14.4 Å². The lowest BCUT2D eigenvalue weighted by molar-refractivity contribution is -0.159. The zero-order valence-corrected chi connectivity index (χ0v) is 20.5. The second-order valence-corrected chi connectivity index (χ2v) is 7.75. The molecule has 27 heavy (non-hydrogen) atoms. The molecular weight excluding hydrogens is 338 g/mol. The number of nitrogens with zero attached hydrogens (tertiary/aromatic N) is 1. The van der Waals surface area contributed by atoms with Gasteiger partial charge in [0.15, 0.2) is 0 Å². The third-order valence-corrected chi connectivity index (χ3v) is 4.03. The highest BCUT2D eigenvalue weighted by Gasteiger charge is 2.25. The Morgan fingerprint density at radius 1 is 0.852 bits per heavy atom. The first-order valence-corrected chi connectivity index (χ1v) is 11.2. The summed E-state index contributed by atoms with van der Waals surface area (Å²) in [5, 5.41) is 0. The van der Waals surface area contributed by atoms with Crippen LogP contribution in [-0.2, 0) is 14.3 Å². The summed E-state index contributed by atoms with van der Waals surface area (Å²) >= 11 is 0. The SMILES string of the molecule is CC.CC.CCCCN(C)CCC(=O)OC(C)(C)CCOC(C)(C)CCC. The third-order valence-electron chi connectivity index (χ3n) is 4.03. The molecule has 0 fully saturated rings. The highest BCUT2D eigenvalue weighted by Crippen LogP contribution is 2.21. The predicted octanol–water partition coefficient (Wildman–Crippen LogP) is 6.47. The molecule has 0 spiro atoms. The Morgan fingerprint density at radius 3 is 1.89 bits per heavy atom. The molecule has 0 radical (unpaired) electrons. The summed E-state index contributed by atoms with van der Waals surface area (Å²) in [6.07, 6.45) is 5.66. The van der Waals surface area contributed by atoms with E-state index < -0.39 is 5.60 Å². The Labute approximate surface area is 171 Å². The van der Waals surface area contributed by atoms with Crippen molar-refractivity contribution in [2.75, 3.05) is 26.7 Å². The van der Waals surface area contributed by atoms with Gasteiger partial charge >= 0.3 is 5.97 Å². The Balaban J connectivity index is -0.00000134. The third kappa shape index (κ3) is 21.5. The molecule has 0 saturated heterocycles. The maximum Gasteiger partial charge on any atom is 0.307 e. The van der Waals surface area contributed by atoms with Crippen molar-refractivity contribution in [2.45, 2.75) is 119 Å². The van der Waals surface area contributed by atoms with Crippen LogP contribution in [0.2, 0.25) is 0 Å². The van der Waals surface area contributed by atoms with Gasteiger partial charge in [-0.25, -0.2) is 0 Å². The molecule has 0 bridgehead atoms. The predicted molar refractivity (Wildman–Crippen MR) is 119 cm³/mol. The molecule has 0 amide bonds. The van der Waals surface area contributed by atoms with Crippen molar-refractivity contribution >= 4 is 5.97 Å². The van der Waals surface area contributed by atoms with Gasteiger partial charge in [0, 0.05) is 13.0 Å². The molecule has 0 aromatic carbocycles. The van der Waals surface area contributed by atoms with Gasteiger partial charge in [-0.15, -0.1) is 0 Å². The quantitative estimate of drug-likeness (QED) is 0.338. The van der Waals surface area contributed by atoms with Crippen LogP contribution in [0.5, 0.6) is 0 Å². The second-order valence-electron chi connectivity index (χ2n) is 7.75. The molecule has 0 aromatic rings. The maximum absolute atomic E-state index is 12.0. The minimum atomic E-state index is -0.471. The number of unbranched alkanes of at least 4 members (excludes halogenated alkanes) is 1. The molecule has 0 saturated carbocycles. The van der Waals surface area contributed by atoms with Crippen LogP contribution < -0.4 is 0 Å². The summed E-state index contributed by atoms with van der Waals surface area (Å²) in [6.45, 7) is 22.9. The van der Waals surface area contributed by atoms with Crippen molar-refractivity contribution in [3.63, 3.8) is 0 Å². The highest BCUT2D eigenvalue weighted by atomic mass is 16.6. The zero-order chi connectivity index (χ0) is 21.9. The van der Waals surface area contributed by atoms with E-state index in [1.165, 1.54) is 12.8 Å². The van der Waals surface area contributed by atoms with Gasteiger partial charge in [-0.1, -0.05) is 54.4 Å². The van der Waals surface area contributed by atoms with E-state index in [2.05, 4.69) is 39.6 Å². The number of carbonyl (C=O) groups is 1. The Morgan fingerprint density at radius 2 is 1.41 bits per heavy atom. The van der Waals surface area contributed by atoms with Gasteiger partial charge in [-0.2, -0.15) is 0 Å². The van der Waals surface area contributed by atoms with Crippen molar-refractivity contribution in [3.8, 4) is 0 Å². The molecule has 4 nitrogen and oxygen atoms in total. The van der Waals surface area contributed by atoms with E-state index in [0.29, 0.717) is 13.0 Å². The van der Waals surface area contributed by atoms with Gasteiger partial charge in [0.25, 0.3) is 0 Å². The summed E-state index contributed by atoms with van der Waals surface area (Å²) in [7, 11) is 2.05. The molecule has 0 rings (SSSR count). The smallest absolute Gasteiger partial charge is 0.307 e. The van der Waals surface area contributed by atoms with Crippen molar-refractivity contribution < 1.29 is 14.3 Å². The van der Waals surface area contributed by atoms with Gasteiger partial charge in [0.2, 0.25) is 0 Å². The van der Waals surface area contributed by atoms with E-state index in [1.807, 2.05) is 41.5 Å². The molecule has 0 heterocycles. The van der Waals surface area contributed by atoms with Crippen LogP contribution in [0, 0.1) is 0 Å². The average molecular weight is 390 g/mol. The number of rotatable bonds is 13. The van der Waals surface area contributed by atoms with Crippen molar-refractivity contribution in [3.05, 3.63) is 0 Å². The van der Waals surface area contributed by atoms with E-state index in [0.717, 1.165) is 32.4 Å². The maximum atomic E-state index is 12.0. The van der Waals surface area contributed by atoms with Crippen molar-refractivity contribution in [1.29, 1.82) is 0 Å². The van der Waals surface area contributed by atoms with E-state index in [9.17, 15) is 4.79 Å². The molecule has 0 aliphatic rings. The van der Waals surface area contributed by atoms with Crippen LogP contribution in [0.4, 0.5) is 0 Å². The number of hydrogen-bond acceptors (Lipinski definition) is 4. The Kier molecular flexibility index (Phi) is 21.6. The first kappa shape index (κ1) is 31.1. The summed E-state index contributed by atoms with van der Waals surface area (Å²) in [6, 6.07) is 0. The molecule has 0 aliphatic heterocycles. The van der Waals surface area contributed by atoms with E-state index in [1.54, 1.807) is 0 Å². The molecule has 0 aliphatic carbocycles. The molecular formula is C23H51NO3. The Hall–Kier alpha value is -0.610. The summed E-state index contributed by atoms with van der Waals surface area (Å²) in [4.78, 5) is 14.2. The van der Waals surface area contributed by atoms with Crippen LogP contribution in [0.1, 0.15) is 108 Å². The topological polar surface area (TPSA) is 38.8 Å². The van der Waals surface area contributed by atoms with Gasteiger partial charge in [-0.3, -0.25) is 4.79 Å². The number of hydrogen-bond donors (Lipinski definition) is 0. The van der Waals surface area contributed by atoms with Gasteiger partial charge in [-0.05, 0) is 54.1 Å². The molecule has 0 N–H and O–H groups in total. The lowest BCUT2D eigenvalue weighted by Gasteiger charge is -2.29. The fourth-order valence-corrected chi connectivity index (χ4v) is 2.48. The second kappa shape index (κ2) is 18.7. The van der Waals surface area contributed by atoms with Crippen LogP contribution in [0.25, 0.3) is 0 Å². The summed E-state index contributed by atoms with van der Waals surface area (Å²) in [5.41, 5.74) is -0.571. The minimum Gasteiger partial charge on any atom is -0.460 e. The summed E-state index contributed by atoms with van der Waals surface area (Å²) < 4.78 is 11.6.